The minimum atomic E-state index is -0.993. The largest absolute Gasteiger partial charge is 0.508 e. The van der Waals surface area contributed by atoms with Crippen molar-refractivity contribution in [3.63, 3.8) is 0 Å². The van der Waals surface area contributed by atoms with Gasteiger partial charge in [-0.3, -0.25) is 9.59 Å². The van der Waals surface area contributed by atoms with E-state index in [0.717, 1.165) is 18.9 Å². The summed E-state index contributed by atoms with van der Waals surface area (Å²) in [6.45, 7) is 1.64. The van der Waals surface area contributed by atoms with Gasteiger partial charge in [-0.1, -0.05) is 12.8 Å². The number of phenolic OH excluding ortho intramolecular Hbond substituents is 2. The maximum Gasteiger partial charge on any atom is 0.311 e. The van der Waals surface area contributed by atoms with Crippen LogP contribution in [0.3, 0.4) is 0 Å². The second kappa shape index (κ2) is 5.63. The number of aromatic hydroxyl groups is 2. The van der Waals surface area contributed by atoms with Crippen molar-refractivity contribution in [2.24, 2.45) is 5.41 Å². The molecule has 6 nitrogen and oxygen atoms in total. The third-order valence-electron chi connectivity index (χ3n) is 4.17. The molecule has 1 aliphatic carbocycles. The van der Waals surface area contributed by atoms with Gasteiger partial charge >= 0.3 is 5.97 Å². The smallest absolute Gasteiger partial charge is 0.311 e. The topological polar surface area (TPSA) is 107 Å². The van der Waals surface area contributed by atoms with Crippen LogP contribution < -0.4 is 5.32 Å². The Bertz CT molecular complexity index is 551. The van der Waals surface area contributed by atoms with Gasteiger partial charge in [-0.2, -0.15) is 0 Å². The first-order chi connectivity index (χ1) is 9.83. The molecule has 1 aliphatic rings. The molecule has 21 heavy (non-hydrogen) atoms. The van der Waals surface area contributed by atoms with E-state index in [-0.39, 0.29) is 17.1 Å². The molecule has 0 radical (unpaired) electrons. The molecule has 0 aliphatic heterocycles. The molecule has 0 bridgehead atoms. The number of nitrogens with one attached hydrogen (secondary N) is 1. The van der Waals surface area contributed by atoms with Gasteiger partial charge in [-0.15, -0.1) is 0 Å². The van der Waals surface area contributed by atoms with Crippen LogP contribution in [0, 0.1) is 5.41 Å². The number of aliphatic carboxylic acids is 1. The Morgan fingerprint density at radius 3 is 2.38 bits per heavy atom. The number of amides is 1. The van der Waals surface area contributed by atoms with Gasteiger partial charge in [0.2, 0.25) is 0 Å². The van der Waals surface area contributed by atoms with Crippen molar-refractivity contribution < 1.29 is 24.9 Å². The number of hydrogen-bond acceptors (Lipinski definition) is 4. The van der Waals surface area contributed by atoms with E-state index >= 15 is 0 Å². The van der Waals surface area contributed by atoms with E-state index in [1.807, 2.05) is 0 Å². The van der Waals surface area contributed by atoms with Gasteiger partial charge in [0.15, 0.2) is 0 Å². The second-order valence-corrected chi connectivity index (χ2v) is 5.73. The molecule has 1 aromatic rings. The van der Waals surface area contributed by atoms with E-state index in [9.17, 15) is 24.9 Å². The lowest BCUT2D eigenvalue weighted by molar-refractivity contribution is -0.151. The maximum atomic E-state index is 12.2. The standard InChI is InChI=1S/C15H19NO5/c1-15(14(20)21)5-3-2-4-12(15)16-13(19)9-6-10(17)8-11(18)7-9/h6-8,12,17-18H,2-5H2,1H3,(H,16,19)(H,20,21). The summed E-state index contributed by atoms with van der Waals surface area (Å²) >= 11 is 0. The van der Waals surface area contributed by atoms with Crippen LogP contribution in [-0.4, -0.2) is 33.2 Å². The van der Waals surface area contributed by atoms with E-state index < -0.39 is 23.3 Å². The lowest BCUT2D eigenvalue weighted by atomic mass is 9.71. The average Bonchev–Trinajstić information content (AvgIpc) is 2.40. The molecule has 0 spiro atoms. The highest BCUT2D eigenvalue weighted by atomic mass is 16.4. The third kappa shape index (κ3) is 3.09. The zero-order valence-electron chi connectivity index (χ0n) is 11.8. The SMILES string of the molecule is CC1(C(=O)O)CCCCC1NC(=O)c1cc(O)cc(O)c1. The summed E-state index contributed by atoms with van der Waals surface area (Å²) in [5.41, 5.74) is -0.891. The zero-order valence-corrected chi connectivity index (χ0v) is 11.8. The van der Waals surface area contributed by atoms with Crippen LogP contribution in [0.5, 0.6) is 11.5 Å². The van der Waals surface area contributed by atoms with Gasteiger partial charge in [0.25, 0.3) is 5.91 Å². The Kier molecular flexibility index (Phi) is 4.06. The zero-order chi connectivity index (χ0) is 15.6. The number of rotatable bonds is 3. The summed E-state index contributed by atoms with van der Waals surface area (Å²) in [5, 5.41) is 30.9. The van der Waals surface area contributed by atoms with Crippen LogP contribution in [0.2, 0.25) is 0 Å². The quantitative estimate of drug-likeness (QED) is 0.680. The summed E-state index contributed by atoms with van der Waals surface area (Å²) < 4.78 is 0. The first kappa shape index (κ1) is 15.2. The number of carbonyl (C=O) groups excluding carboxylic acids is 1. The number of hydrogen-bond donors (Lipinski definition) is 4. The van der Waals surface area contributed by atoms with E-state index in [2.05, 4.69) is 5.32 Å². The van der Waals surface area contributed by atoms with E-state index in [0.29, 0.717) is 12.8 Å². The molecule has 1 fully saturated rings. The Labute approximate surface area is 122 Å². The van der Waals surface area contributed by atoms with Gasteiger partial charge in [-0.25, -0.2) is 0 Å². The molecule has 1 amide bonds. The lowest BCUT2D eigenvalue weighted by Crippen LogP contribution is -2.52. The number of carboxylic acid groups (broad SMARTS) is 1. The molecule has 2 atom stereocenters. The average molecular weight is 293 g/mol. The van der Waals surface area contributed by atoms with E-state index in [1.54, 1.807) is 6.92 Å². The Morgan fingerprint density at radius 2 is 1.81 bits per heavy atom. The van der Waals surface area contributed by atoms with Crippen molar-refractivity contribution in [3.8, 4) is 11.5 Å². The summed E-state index contributed by atoms with van der Waals surface area (Å²) in [4.78, 5) is 23.7. The predicted octanol–water partition coefficient (Wildman–Crippen LogP) is 1.86. The molecule has 114 valence electrons. The second-order valence-electron chi connectivity index (χ2n) is 5.73. The first-order valence-electron chi connectivity index (χ1n) is 6.90. The van der Waals surface area contributed by atoms with Crippen LogP contribution in [-0.2, 0) is 4.79 Å². The first-order valence-corrected chi connectivity index (χ1v) is 6.90. The molecule has 0 saturated heterocycles. The van der Waals surface area contributed by atoms with Crippen LogP contribution in [0.25, 0.3) is 0 Å². The maximum absolute atomic E-state index is 12.2. The minimum absolute atomic E-state index is 0.103. The van der Waals surface area contributed by atoms with Crippen LogP contribution >= 0.6 is 0 Å². The molecule has 6 heteroatoms. The van der Waals surface area contributed by atoms with Crippen LogP contribution in [0.15, 0.2) is 18.2 Å². The normalized spacial score (nSPS) is 25.3. The van der Waals surface area contributed by atoms with Gasteiger partial charge in [0.1, 0.15) is 11.5 Å². The fraction of sp³-hybridized carbons (Fsp3) is 0.467. The summed E-state index contributed by atoms with van der Waals surface area (Å²) in [5.74, 6) is -1.86. The predicted molar refractivity (Wildman–Crippen MR) is 75.2 cm³/mol. The summed E-state index contributed by atoms with van der Waals surface area (Å²) in [6.07, 6.45) is 2.79. The van der Waals surface area contributed by atoms with Crippen molar-refractivity contribution in [1.82, 2.24) is 5.32 Å². The van der Waals surface area contributed by atoms with Crippen LogP contribution in [0.1, 0.15) is 43.0 Å². The van der Waals surface area contributed by atoms with Gasteiger partial charge in [-0.05, 0) is 31.9 Å². The number of benzene rings is 1. The highest BCUT2D eigenvalue weighted by Crippen LogP contribution is 2.36. The van der Waals surface area contributed by atoms with Gasteiger partial charge in [0, 0.05) is 17.7 Å². The fourth-order valence-corrected chi connectivity index (χ4v) is 2.79. The van der Waals surface area contributed by atoms with Crippen molar-refractivity contribution >= 4 is 11.9 Å². The molecule has 2 unspecified atom stereocenters. The molecule has 0 aromatic heterocycles. The summed E-state index contributed by atoms with van der Waals surface area (Å²) in [6, 6.07) is 3.12. The molecule has 2 rings (SSSR count). The number of phenols is 2. The molecule has 1 saturated carbocycles. The van der Waals surface area contributed by atoms with Crippen molar-refractivity contribution in [3.05, 3.63) is 23.8 Å². The molecular weight excluding hydrogens is 274 g/mol. The molecular formula is C15H19NO5. The number of carboxylic acids is 1. The Morgan fingerprint density at radius 1 is 1.19 bits per heavy atom. The minimum Gasteiger partial charge on any atom is -0.508 e. The summed E-state index contributed by atoms with van der Waals surface area (Å²) in [7, 11) is 0. The van der Waals surface area contributed by atoms with E-state index in [1.165, 1.54) is 12.1 Å². The van der Waals surface area contributed by atoms with Crippen molar-refractivity contribution in [2.45, 2.75) is 38.6 Å². The van der Waals surface area contributed by atoms with Gasteiger partial charge in [0.05, 0.1) is 5.41 Å². The highest BCUT2D eigenvalue weighted by Gasteiger charge is 2.43. The molecule has 0 heterocycles. The third-order valence-corrected chi connectivity index (χ3v) is 4.17. The van der Waals surface area contributed by atoms with Crippen molar-refractivity contribution in [2.75, 3.05) is 0 Å². The lowest BCUT2D eigenvalue weighted by Gasteiger charge is -2.38. The van der Waals surface area contributed by atoms with Crippen molar-refractivity contribution in [1.29, 1.82) is 0 Å². The highest BCUT2D eigenvalue weighted by molar-refractivity contribution is 5.95. The van der Waals surface area contributed by atoms with Crippen LogP contribution in [0.4, 0.5) is 0 Å². The molecule has 1 aromatic carbocycles. The number of carbonyl (C=O) groups is 2. The Balaban J connectivity index is 2.19. The fourth-order valence-electron chi connectivity index (χ4n) is 2.79. The Hall–Kier alpha value is -2.24. The molecule has 4 N–H and O–H groups in total. The van der Waals surface area contributed by atoms with Gasteiger partial charge < -0.3 is 20.6 Å². The monoisotopic (exact) mass is 293 g/mol. The van der Waals surface area contributed by atoms with E-state index in [4.69, 9.17) is 0 Å².